The topological polar surface area (TPSA) is 27.6 Å². The number of hydrazine groups is 1. The highest BCUT2D eigenvalue weighted by molar-refractivity contribution is 5.71. The second-order valence-corrected chi connectivity index (χ2v) is 3.33. The Morgan fingerprint density at radius 2 is 2.25 bits per heavy atom. The van der Waals surface area contributed by atoms with Crippen LogP contribution in [0, 0.1) is 0 Å². The minimum Gasteiger partial charge on any atom is -0.306 e. The third-order valence-corrected chi connectivity index (χ3v) is 1.96. The zero-order valence-corrected chi connectivity index (χ0v) is 7.83. The molecule has 0 radical (unpaired) electrons. The summed E-state index contributed by atoms with van der Waals surface area (Å²) in [7, 11) is 1.93. The average molecular weight is 165 g/mol. The number of nitrogens with one attached hydrogen (secondary N) is 1. The maximum absolute atomic E-state index is 4.35. The van der Waals surface area contributed by atoms with Crippen molar-refractivity contribution in [3.63, 3.8) is 0 Å². The van der Waals surface area contributed by atoms with Gasteiger partial charge in [0, 0.05) is 19.5 Å². The summed E-state index contributed by atoms with van der Waals surface area (Å²) in [5.74, 6) is 0. The van der Waals surface area contributed by atoms with Crippen LogP contribution in [0.3, 0.4) is 0 Å². The fourth-order valence-corrected chi connectivity index (χ4v) is 0.990. The van der Waals surface area contributed by atoms with E-state index in [1.165, 1.54) is 0 Å². The number of hydrogen-bond donors (Lipinski definition) is 1. The lowest BCUT2D eigenvalue weighted by Crippen LogP contribution is -2.38. The Hall–Kier alpha value is -1.25. The minimum absolute atomic E-state index is 0.230. The molecule has 12 heavy (non-hydrogen) atoms. The standard InChI is InChI=1S/C9H15N3/c1-8-9(2,3)10-6-5-7-11-12(8)4/h5-7,11H,1H2,2-4H3. The van der Waals surface area contributed by atoms with Crippen molar-refractivity contribution in [3.05, 3.63) is 24.6 Å². The van der Waals surface area contributed by atoms with Crippen molar-refractivity contribution < 1.29 is 0 Å². The predicted octanol–water partition coefficient (Wildman–Crippen LogP) is 1.31. The van der Waals surface area contributed by atoms with E-state index in [1.807, 2.05) is 38.2 Å². The molecule has 1 aliphatic heterocycles. The summed E-state index contributed by atoms with van der Waals surface area (Å²) < 4.78 is 0. The molecule has 3 heteroatoms. The first-order chi connectivity index (χ1) is 5.54. The Balaban J connectivity index is 2.92. The van der Waals surface area contributed by atoms with Gasteiger partial charge in [-0.15, -0.1) is 0 Å². The molecule has 0 aromatic heterocycles. The first kappa shape index (κ1) is 8.84. The summed E-state index contributed by atoms with van der Waals surface area (Å²) in [5.41, 5.74) is 3.77. The molecule has 0 aromatic carbocycles. The molecule has 0 amide bonds. The molecule has 1 heterocycles. The Labute approximate surface area is 73.4 Å². The van der Waals surface area contributed by atoms with E-state index in [2.05, 4.69) is 17.0 Å². The Bertz CT molecular complexity index is 238. The van der Waals surface area contributed by atoms with Crippen molar-refractivity contribution in [3.8, 4) is 0 Å². The number of allylic oxidation sites excluding steroid dienone is 1. The van der Waals surface area contributed by atoms with Gasteiger partial charge in [-0.2, -0.15) is 0 Å². The van der Waals surface area contributed by atoms with Gasteiger partial charge in [0.25, 0.3) is 0 Å². The van der Waals surface area contributed by atoms with Crippen LogP contribution in [-0.4, -0.2) is 23.8 Å². The van der Waals surface area contributed by atoms with E-state index in [-0.39, 0.29) is 5.54 Å². The molecule has 1 N–H and O–H groups in total. The van der Waals surface area contributed by atoms with Crippen LogP contribution in [0.1, 0.15) is 13.8 Å². The van der Waals surface area contributed by atoms with E-state index < -0.39 is 0 Å². The summed E-state index contributed by atoms with van der Waals surface area (Å²) in [6, 6.07) is 0. The van der Waals surface area contributed by atoms with Crippen LogP contribution in [0.5, 0.6) is 0 Å². The highest BCUT2D eigenvalue weighted by atomic mass is 15.5. The van der Waals surface area contributed by atoms with Crippen LogP contribution >= 0.6 is 0 Å². The molecule has 0 bridgehead atoms. The van der Waals surface area contributed by atoms with E-state index in [4.69, 9.17) is 0 Å². The lowest BCUT2D eigenvalue weighted by Gasteiger charge is -2.31. The van der Waals surface area contributed by atoms with E-state index in [0.29, 0.717) is 0 Å². The monoisotopic (exact) mass is 165 g/mol. The van der Waals surface area contributed by atoms with E-state index in [9.17, 15) is 0 Å². The van der Waals surface area contributed by atoms with Gasteiger partial charge >= 0.3 is 0 Å². The third kappa shape index (κ3) is 1.67. The van der Waals surface area contributed by atoms with E-state index in [0.717, 1.165) is 5.70 Å². The van der Waals surface area contributed by atoms with Gasteiger partial charge in [0.2, 0.25) is 0 Å². The summed E-state index contributed by atoms with van der Waals surface area (Å²) in [5, 5.41) is 1.87. The van der Waals surface area contributed by atoms with Gasteiger partial charge in [-0.25, -0.2) is 0 Å². The molecule has 3 nitrogen and oxygen atoms in total. The van der Waals surface area contributed by atoms with E-state index in [1.54, 1.807) is 6.21 Å². The lowest BCUT2D eigenvalue weighted by molar-refractivity contribution is 0.301. The second-order valence-electron chi connectivity index (χ2n) is 3.33. The number of aliphatic imine (C=N–C) groups is 1. The van der Waals surface area contributed by atoms with Crippen LogP contribution in [0.25, 0.3) is 0 Å². The fraction of sp³-hybridized carbons (Fsp3) is 0.444. The van der Waals surface area contributed by atoms with Gasteiger partial charge < -0.3 is 5.43 Å². The van der Waals surface area contributed by atoms with Gasteiger partial charge in [-0.05, 0) is 19.9 Å². The van der Waals surface area contributed by atoms with Crippen molar-refractivity contribution in [2.45, 2.75) is 19.4 Å². The lowest BCUT2D eigenvalue weighted by atomic mass is 10.0. The average Bonchev–Trinajstić information content (AvgIpc) is 2.00. The molecule has 0 unspecified atom stereocenters. The van der Waals surface area contributed by atoms with Gasteiger partial charge in [-0.1, -0.05) is 6.58 Å². The largest absolute Gasteiger partial charge is 0.306 e. The highest BCUT2D eigenvalue weighted by Crippen LogP contribution is 2.20. The number of rotatable bonds is 0. The molecule has 0 aliphatic carbocycles. The van der Waals surface area contributed by atoms with Crippen LogP contribution in [0.4, 0.5) is 0 Å². The van der Waals surface area contributed by atoms with Gasteiger partial charge in [-0.3, -0.25) is 10.0 Å². The smallest absolute Gasteiger partial charge is 0.0959 e. The number of nitrogens with zero attached hydrogens (tertiary/aromatic N) is 2. The Morgan fingerprint density at radius 1 is 1.58 bits per heavy atom. The SMILES string of the molecule is C=C1N(C)NC=CC=NC1(C)C. The summed E-state index contributed by atoms with van der Waals surface area (Å²) in [4.78, 5) is 4.35. The van der Waals surface area contributed by atoms with Gasteiger partial charge in [0.1, 0.15) is 0 Å². The Kier molecular flexibility index (Phi) is 2.22. The molecule has 0 fully saturated rings. The normalized spacial score (nSPS) is 21.6. The number of hydrogen-bond acceptors (Lipinski definition) is 3. The second kappa shape index (κ2) is 3.01. The molecule has 1 rings (SSSR count). The van der Waals surface area contributed by atoms with Crippen molar-refractivity contribution >= 4 is 6.21 Å². The predicted molar refractivity (Wildman–Crippen MR) is 51.7 cm³/mol. The minimum atomic E-state index is -0.230. The van der Waals surface area contributed by atoms with Gasteiger partial charge in [0.05, 0.1) is 11.2 Å². The van der Waals surface area contributed by atoms with Crippen LogP contribution in [0.2, 0.25) is 0 Å². The quantitative estimate of drug-likeness (QED) is 0.586. The summed E-state index contributed by atoms with van der Waals surface area (Å²) in [6.45, 7) is 8.03. The first-order valence-corrected chi connectivity index (χ1v) is 3.94. The molecular weight excluding hydrogens is 150 g/mol. The van der Waals surface area contributed by atoms with Crippen molar-refractivity contribution in [1.29, 1.82) is 0 Å². The van der Waals surface area contributed by atoms with Crippen LogP contribution in [-0.2, 0) is 0 Å². The summed E-state index contributed by atoms with van der Waals surface area (Å²) >= 11 is 0. The summed E-state index contributed by atoms with van der Waals surface area (Å²) in [6.07, 6.45) is 5.47. The van der Waals surface area contributed by atoms with E-state index >= 15 is 0 Å². The molecule has 0 saturated heterocycles. The molecule has 0 atom stereocenters. The molecule has 0 spiro atoms. The van der Waals surface area contributed by atoms with Gasteiger partial charge in [0.15, 0.2) is 0 Å². The van der Waals surface area contributed by atoms with Crippen molar-refractivity contribution in [2.24, 2.45) is 4.99 Å². The molecule has 0 aromatic rings. The van der Waals surface area contributed by atoms with Crippen molar-refractivity contribution in [2.75, 3.05) is 7.05 Å². The number of likely N-dealkylation sites (N-methyl/N-ethyl adjacent to an activating group) is 1. The maximum atomic E-state index is 4.35. The third-order valence-electron chi connectivity index (χ3n) is 1.96. The van der Waals surface area contributed by atoms with Crippen molar-refractivity contribution in [1.82, 2.24) is 10.4 Å². The molecule has 66 valence electrons. The zero-order chi connectivity index (χ0) is 9.19. The highest BCUT2D eigenvalue weighted by Gasteiger charge is 2.22. The molecule has 0 saturated carbocycles. The van der Waals surface area contributed by atoms with Crippen LogP contribution < -0.4 is 5.43 Å². The molecular formula is C9H15N3. The maximum Gasteiger partial charge on any atom is 0.0959 e. The molecule has 1 aliphatic rings. The Morgan fingerprint density at radius 3 is 2.92 bits per heavy atom. The zero-order valence-electron chi connectivity index (χ0n) is 7.83. The fourth-order valence-electron chi connectivity index (χ4n) is 0.990. The first-order valence-electron chi connectivity index (χ1n) is 3.94. The van der Waals surface area contributed by atoms with Crippen LogP contribution in [0.15, 0.2) is 29.5 Å².